The number of amides is 1. The fraction of sp³-hybridized carbons (Fsp3) is 0.960. The fourth-order valence-corrected chi connectivity index (χ4v) is 3.79. The molecule has 0 aromatic rings. The van der Waals surface area contributed by atoms with Crippen molar-refractivity contribution < 1.29 is 4.79 Å². The van der Waals surface area contributed by atoms with E-state index < -0.39 is 0 Å². The molecular weight excluding hydrogens is 330 g/mol. The van der Waals surface area contributed by atoms with E-state index in [0.717, 1.165) is 25.9 Å². The molecule has 0 spiro atoms. The molecule has 0 rings (SSSR count). The quantitative estimate of drug-likeness (QED) is 0.207. The molecule has 0 aliphatic rings. The predicted octanol–water partition coefficient (Wildman–Crippen LogP) is 8.00. The number of carbonyl (C=O) groups excluding carboxylic acids is 1. The lowest BCUT2D eigenvalue weighted by Crippen LogP contribution is -2.36. The Morgan fingerprint density at radius 3 is 1.26 bits per heavy atom. The van der Waals surface area contributed by atoms with Gasteiger partial charge in [0.05, 0.1) is 0 Å². The first-order valence-corrected chi connectivity index (χ1v) is 12.2. The van der Waals surface area contributed by atoms with Crippen LogP contribution in [0.5, 0.6) is 0 Å². The molecule has 0 fully saturated rings. The molecule has 0 radical (unpaired) electrons. The van der Waals surface area contributed by atoms with E-state index in [2.05, 4.69) is 39.5 Å². The van der Waals surface area contributed by atoms with Gasteiger partial charge in [0.1, 0.15) is 0 Å². The summed E-state index contributed by atoms with van der Waals surface area (Å²) >= 11 is 0. The van der Waals surface area contributed by atoms with Gasteiger partial charge < -0.3 is 4.90 Å². The van der Waals surface area contributed by atoms with E-state index in [1.54, 1.807) is 0 Å². The normalized spacial score (nSPS) is 11.5. The largest absolute Gasteiger partial charge is 0.342 e. The smallest absolute Gasteiger partial charge is 0.222 e. The number of carbonyl (C=O) groups is 1. The molecule has 0 aliphatic heterocycles. The molecular formula is C25H51NO. The van der Waals surface area contributed by atoms with Crippen LogP contribution in [-0.4, -0.2) is 23.9 Å². The van der Waals surface area contributed by atoms with Crippen LogP contribution in [0.1, 0.15) is 131 Å². The molecule has 27 heavy (non-hydrogen) atoms. The minimum absolute atomic E-state index is 0.372. The first-order valence-electron chi connectivity index (χ1n) is 12.2. The zero-order valence-corrected chi connectivity index (χ0v) is 19.5. The van der Waals surface area contributed by atoms with Crippen molar-refractivity contribution in [3.63, 3.8) is 0 Å². The van der Waals surface area contributed by atoms with Crippen molar-refractivity contribution in [1.29, 1.82) is 0 Å². The van der Waals surface area contributed by atoms with Crippen molar-refractivity contribution in [2.75, 3.05) is 13.1 Å². The van der Waals surface area contributed by atoms with Gasteiger partial charge in [-0.05, 0) is 18.3 Å². The number of hydrogen-bond donors (Lipinski definition) is 0. The highest BCUT2D eigenvalue weighted by atomic mass is 16.2. The van der Waals surface area contributed by atoms with Crippen molar-refractivity contribution in [3.8, 4) is 0 Å². The summed E-state index contributed by atoms with van der Waals surface area (Å²) < 4.78 is 0. The van der Waals surface area contributed by atoms with Crippen molar-refractivity contribution in [1.82, 2.24) is 4.90 Å². The Balaban J connectivity index is 3.50. The van der Waals surface area contributed by atoms with Crippen molar-refractivity contribution >= 4 is 5.91 Å². The van der Waals surface area contributed by atoms with Gasteiger partial charge >= 0.3 is 0 Å². The van der Waals surface area contributed by atoms with Crippen LogP contribution in [0.25, 0.3) is 0 Å². The summed E-state index contributed by atoms with van der Waals surface area (Å²) in [6.07, 6.45) is 19.9. The summed E-state index contributed by atoms with van der Waals surface area (Å²) in [5, 5.41) is 0. The lowest BCUT2D eigenvalue weighted by atomic mass is 10.0. The Kier molecular flexibility index (Phi) is 18.4. The number of nitrogens with zero attached hydrogens (tertiary/aromatic N) is 1. The Morgan fingerprint density at radius 2 is 0.926 bits per heavy atom. The van der Waals surface area contributed by atoms with Crippen LogP contribution in [0.2, 0.25) is 0 Å². The topological polar surface area (TPSA) is 20.3 Å². The van der Waals surface area contributed by atoms with E-state index in [4.69, 9.17) is 0 Å². The SMILES string of the molecule is CCCCCCCCCCCCCCCCC(=O)N(CC(C)C)CC(C)C. The Morgan fingerprint density at radius 1 is 0.593 bits per heavy atom. The molecule has 162 valence electrons. The van der Waals surface area contributed by atoms with E-state index in [1.807, 2.05) is 0 Å². The van der Waals surface area contributed by atoms with Gasteiger partial charge in [-0.25, -0.2) is 0 Å². The van der Waals surface area contributed by atoms with Crippen LogP contribution < -0.4 is 0 Å². The van der Waals surface area contributed by atoms with Crippen molar-refractivity contribution in [3.05, 3.63) is 0 Å². The lowest BCUT2D eigenvalue weighted by molar-refractivity contribution is -0.132. The summed E-state index contributed by atoms with van der Waals surface area (Å²) in [5.41, 5.74) is 0. The molecule has 0 atom stereocenters. The van der Waals surface area contributed by atoms with Crippen LogP contribution in [0.15, 0.2) is 0 Å². The maximum Gasteiger partial charge on any atom is 0.222 e. The van der Waals surface area contributed by atoms with E-state index in [0.29, 0.717) is 17.7 Å². The molecule has 0 aromatic heterocycles. The second kappa shape index (κ2) is 18.8. The van der Waals surface area contributed by atoms with Crippen LogP contribution in [0.4, 0.5) is 0 Å². The molecule has 1 amide bonds. The summed E-state index contributed by atoms with van der Waals surface area (Å²) in [5.74, 6) is 1.49. The first-order chi connectivity index (χ1) is 13.0. The van der Waals surface area contributed by atoms with Crippen LogP contribution in [0, 0.1) is 11.8 Å². The molecule has 0 saturated carbocycles. The Hall–Kier alpha value is -0.530. The molecule has 0 aromatic carbocycles. The van der Waals surface area contributed by atoms with Gasteiger partial charge in [-0.2, -0.15) is 0 Å². The van der Waals surface area contributed by atoms with Gasteiger partial charge in [-0.15, -0.1) is 0 Å². The van der Waals surface area contributed by atoms with Gasteiger partial charge in [-0.1, -0.05) is 118 Å². The summed E-state index contributed by atoms with van der Waals surface area (Å²) in [7, 11) is 0. The van der Waals surface area contributed by atoms with Crippen molar-refractivity contribution in [2.45, 2.75) is 131 Å². The van der Waals surface area contributed by atoms with Crippen LogP contribution in [0.3, 0.4) is 0 Å². The van der Waals surface area contributed by atoms with Gasteiger partial charge in [-0.3, -0.25) is 4.79 Å². The fourth-order valence-electron chi connectivity index (χ4n) is 3.79. The highest BCUT2D eigenvalue weighted by Gasteiger charge is 2.15. The number of hydrogen-bond acceptors (Lipinski definition) is 1. The summed E-state index contributed by atoms with van der Waals surface area (Å²) in [6.45, 7) is 12.9. The average Bonchev–Trinajstić information content (AvgIpc) is 2.60. The number of unbranched alkanes of at least 4 members (excludes halogenated alkanes) is 13. The van der Waals surface area contributed by atoms with Gasteiger partial charge in [0.2, 0.25) is 5.91 Å². The maximum absolute atomic E-state index is 12.5. The zero-order chi connectivity index (χ0) is 20.3. The Bertz CT molecular complexity index is 314. The third-order valence-electron chi connectivity index (χ3n) is 5.27. The second-order valence-electron chi connectivity index (χ2n) is 9.43. The Labute approximate surface area is 171 Å². The zero-order valence-electron chi connectivity index (χ0n) is 19.5. The highest BCUT2D eigenvalue weighted by molar-refractivity contribution is 5.76. The molecule has 0 aliphatic carbocycles. The minimum Gasteiger partial charge on any atom is -0.342 e. The molecule has 0 unspecified atom stereocenters. The van der Waals surface area contributed by atoms with Gasteiger partial charge in [0, 0.05) is 19.5 Å². The molecule has 0 heterocycles. The standard InChI is InChI=1S/C25H51NO/c1-6-7-8-9-10-11-12-13-14-15-16-17-18-19-20-25(27)26(21-23(2)3)22-24(4)5/h23-24H,6-22H2,1-5H3. The van der Waals surface area contributed by atoms with E-state index in [9.17, 15) is 4.79 Å². The summed E-state index contributed by atoms with van der Waals surface area (Å²) in [6, 6.07) is 0. The summed E-state index contributed by atoms with van der Waals surface area (Å²) in [4.78, 5) is 14.6. The molecule has 2 nitrogen and oxygen atoms in total. The van der Waals surface area contributed by atoms with Crippen molar-refractivity contribution in [2.24, 2.45) is 11.8 Å². The van der Waals surface area contributed by atoms with Gasteiger partial charge in [0.15, 0.2) is 0 Å². The third kappa shape index (κ3) is 18.6. The molecule has 0 bridgehead atoms. The average molecular weight is 382 g/mol. The molecule has 0 N–H and O–H groups in total. The minimum atomic E-state index is 0.372. The van der Waals surface area contributed by atoms with E-state index in [-0.39, 0.29) is 0 Å². The van der Waals surface area contributed by atoms with E-state index in [1.165, 1.54) is 83.5 Å². The molecule has 2 heteroatoms. The first kappa shape index (κ1) is 26.5. The van der Waals surface area contributed by atoms with Gasteiger partial charge in [0.25, 0.3) is 0 Å². The van der Waals surface area contributed by atoms with Crippen LogP contribution >= 0.6 is 0 Å². The van der Waals surface area contributed by atoms with E-state index >= 15 is 0 Å². The monoisotopic (exact) mass is 381 g/mol. The molecule has 0 saturated heterocycles. The highest BCUT2D eigenvalue weighted by Crippen LogP contribution is 2.14. The van der Waals surface area contributed by atoms with Crippen LogP contribution in [-0.2, 0) is 4.79 Å². The predicted molar refractivity (Wildman–Crippen MR) is 121 cm³/mol. The number of rotatable bonds is 19. The second-order valence-corrected chi connectivity index (χ2v) is 9.43. The third-order valence-corrected chi connectivity index (χ3v) is 5.27. The maximum atomic E-state index is 12.5. The lowest BCUT2D eigenvalue weighted by Gasteiger charge is -2.26.